The zero-order valence-electron chi connectivity index (χ0n) is 19.7. The third-order valence-electron chi connectivity index (χ3n) is 5.59. The zero-order chi connectivity index (χ0) is 23.0. The maximum absolute atomic E-state index is 6.38. The van der Waals surface area contributed by atoms with Crippen molar-refractivity contribution in [2.45, 2.75) is 68.5 Å². The molecule has 0 aliphatic carbocycles. The van der Waals surface area contributed by atoms with E-state index in [2.05, 4.69) is 0 Å². The van der Waals surface area contributed by atoms with E-state index in [0.717, 1.165) is 0 Å². The van der Waals surface area contributed by atoms with Gasteiger partial charge in [-0.25, -0.2) is 0 Å². The highest BCUT2D eigenvalue weighted by Gasteiger charge is 2.53. The summed E-state index contributed by atoms with van der Waals surface area (Å²) < 4.78 is 63.4. The van der Waals surface area contributed by atoms with Gasteiger partial charge in [-0.3, -0.25) is 0 Å². The van der Waals surface area contributed by atoms with Gasteiger partial charge in [0.15, 0.2) is 18.9 Å². The molecule has 2 aliphatic heterocycles. The molecule has 2 heterocycles. The van der Waals surface area contributed by atoms with Gasteiger partial charge < -0.3 is 52.1 Å². The highest BCUT2D eigenvalue weighted by Crippen LogP contribution is 2.34. The molecule has 0 bridgehead atoms. The summed E-state index contributed by atoms with van der Waals surface area (Å²) in [6, 6.07) is 0. The lowest BCUT2D eigenvalue weighted by Gasteiger charge is -2.48. The first-order chi connectivity index (χ1) is 15.0. The molecule has 0 aromatic rings. The summed E-state index contributed by atoms with van der Waals surface area (Å²) in [5.41, 5.74) is 0. The third-order valence-corrected chi connectivity index (χ3v) is 5.59. The summed E-state index contributed by atoms with van der Waals surface area (Å²) >= 11 is 0. The van der Waals surface area contributed by atoms with Gasteiger partial charge in [0.05, 0.1) is 6.61 Å². The Kier molecular flexibility index (Phi) is 11.5. The van der Waals surface area contributed by atoms with Crippen molar-refractivity contribution in [1.82, 2.24) is 0 Å². The molecule has 0 saturated carbocycles. The first-order valence-electron chi connectivity index (χ1n) is 10.3. The molecule has 10 atom stereocenters. The van der Waals surface area contributed by atoms with E-state index in [1.54, 1.807) is 42.7 Å². The largest absolute Gasteiger partial charge is 0.382 e. The quantitative estimate of drug-likeness (QED) is 0.404. The van der Waals surface area contributed by atoms with Crippen molar-refractivity contribution < 1.29 is 52.1 Å². The van der Waals surface area contributed by atoms with E-state index in [1.807, 2.05) is 6.92 Å². The molecule has 184 valence electrons. The molecule has 11 heteroatoms. The second-order valence-corrected chi connectivity index (χ2v) is 7.16. The van der Waals surface area contributed by atoms with Crippen LogP contribution >= 0.6 is 0 Å². The Labute approximate surface area is 184 Å². The first kappa shape index (κ1) is 26.8. The van der Waals surface area contributed by atoms with Crippen LogP contribution in [0, 0.1) is 0 Å². The minimum Gasteiger partial charge on any atom is -0.382 e. The third kappa shape index (κ3) is 5.92. The topological polar surface area (TPSA) is 102 Å². The van der Waals surface area contributed by atoms with Crippen LogP contribution in [0.5, 0.6) is 0 Å². The second-order valence-electron chi connectivity index (χ2n) is 7.16. The van der Waals surface area contributed by atoms with Gasteiger partial charge in [0.25, 0.3) is 0 Å². The maximum atomic E-state index is 6.38. The van der Waals surface area contributed by atoms with Gasteiger partial charge in [-0.1, -0.05) is 0 Å². The summed E-state index contributed by atoms with van der Waals surface area (Å²) in [7, 11) is 11.0. The molecule has 5 unspecified atom stereocenters. The molecule has 2 saturated heterocycles. The lowest BCUT2D eigenvalue weighted by atomic mass is 9.97. The SMILES string of the molecule is CCOC1OC(OC)C(OC)C(OC)C1O[C@@H]1O[C@H](COC)[C@@H](OC)[C@H](OC)[C@H]1OC. The molecule has 0 aromatic carbocycles. The Hall–Kier alpha value is -0.440. The van der Waals surface area contributed by atoms with E-state index in [1.165, 1.54) is 7.11 Å². The van der Waals surface area contributed by atoms with Crippen LogP contribution in [0.2, 0.25) is 0 Å². The van der Waals surface area contributed by atoms with E-state index in [4.69, 9.17) is 52.1 Å². The molecule has 0 radical (unpaired) electrons. The van der Waals surface area contributed by atoms with Crippen LogP contribution in [0.4, 0.5) is 0 Å². The smallest absolute Gasteiger partial charge is 0.189 e. The minimum atomic E-state index is -0.840. The number of hydrogen-bond donors (Lipinski definition) is 0. The predicted molar refractivity (Wildman–Crippen MR) is 107 cm³/mol. The monoisotopic (exact) mass is 454 g/mol. The molecule has 0 spiro atoms. The Balaban J connectivity index is 2.32. The van der Waals surface area contributed by atoms with Gasteiger partial charge in [-0.15, -0.1) is 0 Å². The van der Waals surface area contributed by atoms with Gasteiger partial charge in [-0.2, -0.15) is 0 Å². The highest BCUT2D eigenvalue weighted by molar-refractivity contribution is 4.95. The van der Waals surface area contributed by atoms with Gasteiger partial charge in [0.1, 0.15) is 42.7 Å². The normalized spacial score (nSPS) is 41.4. The molecular formula is C20H38O11. The Morgan fingerprint density at radius 2 is 1.10 bits per heavy atom. The minimum absolute atomic E-state index is 0.283. The summed E-state index contributed by atoms with van der Waals surface area (Å²) in [6.07, 6.45) is -6.06. The fourth-order valence-electron chi connectivity index (χ4n) is 4.17. The maximum Gasteiger partial charge on any atom is 0.189 e. The van der Waals surface area contributed by atoms with Crippen LogP contribution in [-0.4, -0.2) is 125 Å². The van der Waals surface area contributed by atoms with Crippen LogP contribution in [0.3, 0.4) is 0 Å². The van der Waals surface area contributed by atoms with Crippen LogP contribution in [0.1, 0.15) is 6.92 Å². The van der Waals surface area contributed by atoms with Crippen LogP contribution < -0.4 is 0 Å². The van der Waals surface area contributed by atoms with Gasteiger partial charge >= 0.3 is 0 Å². The molecule has 2 fully saturated rings. The predicted octanol–water partition coefficient (Wildman–Crippen LogP) is 0.183. The molecule has 31 heavy (non-hydrogen) atoms. The Morgan fingerprint density at radius 1 is 0.548 bits per heavy atom. The average molecular weight is 455 g/mol. The van der Waals surface area contributed by atoms with E-state index in [-0.39, 0.29) is 6.61 Å². The van der Waals surface area contributed by atoms with Crippen LogP contribution in [-0.2, 0) is 52.1 Å². The van der Waals surface area contributed by atoms with Crippen molar-refractivity contribution in [2.75, 3.05) is 63.0 Å². The van der Waals surface area contributed by atoms with Crippen molar-refractivity contribution in [1.29, 1.82) is 0 Å². The summed E-state index contributed by atoms with van der Waals surface area (Å²) in [6.45, 7) is 2.54. The fourth-order valence-corrected chi connectivity index (χ4v) is 4.17. The van der Waals surface area contributed by atoms with Crippen molar-refractivity contribution >= 4 is 0 Å². The van der Waals surface area contributed by atoms with Crippen molar-refractivity contribution in [2.24, 2.45) is 0 Å². The van der Waals surface area contributed by atoms with Gasteiger partial charge in [-0.05, 0) is 6.92 Å². The summed E-state index contributed by atoms with van der Waals surface area (Å²) in [4.78, 5) is 0. The first-order valence-corrected chi connectivity index (χ1v) is 10.3. The molecule has 0 amide bonds. The van der Waals surface area contributed by atoms with Crippen molar-refractivity contribution in [3.63, 3.8) is 0 Å². The molecule has 2 aliphatic rings. The van der Waals surface area contributed by atoms with Crippen LogP contribution in [0.15, 0.2) is 0 Å². The highest BCUT2D eigenvalue weighted by atomic mass is 16.8. The lowest BCUT2D eigenvalue weighted by molar-refractivity contribution is -0.392. The van der Waals surface area contributed by atoms with Gasteiger partial charge in [0.2, 0.25) is 0 Å². The van der Waals surface area contributed by atoms with Crippen molar-refractivity contribution in [3.05, 3.63) is 0 Å². The van der Waals surface area contributed by atoms with Crippen molar-refractivity contribution in [3.8, 4) is 0 Å². The molecule has 2 rings (SSSR count). The molecule has 0 aromatic heterocycles. The lowest BCUT2D eigenvalue weighted by Crippen LogP contribution is -2.65. The number of ether oxygens (including phenoxy) is 11. The summed E-state index contributed by atoms with van der Waals surface area (Å²) in [5, 5.41) is 0. The number of rotatable bonds is 12. The van der Waals surface area contributed by atoms with E-state index < -0.39 is 61.6 Å². The Bertz CT molecular complexity index is 496. The van der Waals surface area contributed by atoms with E-state index in [9.17, 15) is 0 Å². The Morgan fingerprint density at radius 3 is 1.58 bits per heavy atom. The summed E-state index contributed by atoms with van der Waals surface area (Å²) in [5.74, 6) is 0. The van der Waals surface area contributed by atoms with E-state index >= 15 is 0 Å². The van der Waals surface area contributed by atoms with Crippen LogP contribution in [0.25, 0.3) is 0 Å². The molecule has 11 nitrogen and oxygen atoms in total. The number of hydrogen-bond acceptors (Lipinski definition) is 11. The average Bonchev–Trinajstić information content (AvgIpc) is 2.79. The second kappa shape index (κ2) is 13.3. The molecule has 0 N–H and O–H groups in total. The zero-order valence-corrected chi connectivity index (χ0v) is 19.7. The fraction of sp³-hybridized carbons (Fsp3) is 1.00. The van der Waals surface area contributed by atoms with E-state index in [0.29, 0.717) is 6.61 Å². The number of methoxy groups -OCH3 is 7. The molecular weight excluding hydrogens is 416 g/mol. The standard InChI is InChI=1S/C20H38O11/c1-9-28-19-17(14(24-5)15(25-6)18(27-8)31-19)30-20-16(26-7)13(23-4)12(22-3)11(29-20)10-21-2/h11-20H,9-10H2,1-8H3/t11-,12-,13+,14?,15?,16-,17?,18?,19?,20+/m1/s1. The van der Waals surface area contributed by atoms with Gasteiger partial charge in [0, 0.05) is 56.4 Å².